The zero-order chi connectivity index (χ0) is 13.3. The van der Waals surface area contributed by atoms with Crippen molar-refractivity contribution in [2.24, 2.45) is 5.41 Å². The average molecular weight is 260 g/mol. The van der Waals surface area contributed by atoms with E-state index in [0.29, 0.717) is 5.41 Å². The van der Waals surface area contributed by atoms with E-state index in [1.165, 1.54) is 18.4 Å². The quantitative estimate of drug-likeness (QED) is 0.625. The second-order valence-corrected chi connectivity index (χ2v) is 5.59. The van der Waals surface area contributed by atoms with Crippen molar-refractivity contribution in [1.82, 2.24) is 20.6 Å². The molecule has 1 aliphatic rings. The first-order valence-corrected chi connectivity index (χ1v) is 6.77. The molecule has 0 unspecified atom stereocenters. The summed E-state index contributed by atoms with van der Waals surface area (Å²) in [5.74, 6) is 0. The molecule has 0 aliphatic heterocycles. The molecule has 0 bridgehead atoms. The van der Waals surface area contributed by atoms with Crippen LogP contribution in [0.5, 0.6) is 0 Å². The van der Waals surface area contributed by atoms with Gasteiger partial charge in [0.05, 0.1) is 11.0 Å². The first kappa shape index (κ1) is 12.4. The Hall–Kier alpha value is -1.59. The largest absolute Gasteiger partial charge is 0.323 e. The van der Waals surface area contributed by atoms with Crippen molar-refractivity contribution in [3.63, 3.8) is 0 Å². The van der Waals surface area contributed by atoms with Gasteiger partial charge in [-0.05, 0) is 43.0 Å². The minimum Gasteiger partial charge on any atom is -0.319 e. The molecule has 1 aliphatic carbocycles. The van der Waals surface area contributed by atoms with Crippen molar-refractivity contribution in [2.75, 3.05) is 20.1 Å². The first-order chi connectivity index (χ1) is 9.21. The van der Waals surface area contributed by atoms with Crippen molar-refractivity contribution in [3.8, 4) is 0 Å². The highest BCUT2D eigenvalue weighted by atomic mass is 16.1. The van der Waals surface area contributed by atoms with E-state index >= 15 is 0 Å². The molecule has 1 fully saturated rings. The first-order valence-electron chi connectivity index (χ1n) is 6.77. The lowest BCUT2D eigenvalue weighted by Crippen LogP contribution is -2.31. The molecular formula is C14H20N4O. The number of nitrogens with one attached hydrogen (secondary N) is 4. The fourth-order valence-corrected chi connectivity index (χ4v) is 2.63. The van der Waals surface area contributed by atoms with Crippen LogP contribution in [0.2, 0.25) is 0 Å². The van der Waals surface area contributed by atoms with E-state index < -0.39 is 0 Å². The smallest absolute Gasteiger partial charge is 0.319 e. The summed E-state index contributed by atoms with van der Waals surface area (Å²) in [4.78, 5) is 16.7. The molecule has 0 spiro atoms. The molecule has 1 saturated carbocycles. The Morgan fingerprint density at radius 1 is 1.21 bits per heavy atom. The molecule has 102 valence electrons. The van der Waals surface area contributed by atoms with Gasteiger partial charge in [0, 0.05) is 19.6 Å². The van der Waals surface area contributed by atoms with Crippen LogP contribution in [0.25, 0.3) is 11.0 Å². The van der Waals surface area contributed by atoms with Gasteiger partial charge < -0.3 is 20.6 Å². The van der Waals surface area contributed by atoms with E-state index in [9.17, 15) is 4.79 Å². The Morgan fingerprint density at radius 2 is 2.00 bits per heavy atom. The van der Waals surface area contributed by atoms with E-state index in [0.717, 1.165) is 30.7 Å². The van der Waals surface area contributed by atoms with Crippen LogP contribution in [0.4, 0.5) is 0 Å². The Bertz CT molecular complexity index is 624. The number of hydrogen-bond acceptors (Lipinski definition) is 3. The summed E-state index contributed by atoms with van der Waals surface area (Å²) in [6.07, 6.45) is 2.62. The van der Waals surface area contributed by atoms with Gasteiger partial charge in [-0.15, -0.1) is 0 Å². The third kappa shape index (κ3) is 2.72. The molecule has 1 aromatic heterocycles. The van der Waals surface area contributed by atoms with Crippen LogP contribution >= 0.6 is 0 Å². The molecule has 0 atom stereocenters. The summed E-state index contributed by atoms with van der Waals surface area (Å²) in [6.45, 7) is 2.98. The van der Waals surface area contributed by atoms with Gasteiger partial charge in [0.25, 0.3) is 0 Å². The number of imidazole rings is 1. The second kappa shape index (κ2) is 4.83. The number of H-pyrrole nitrogens is 2. The maximum absolute atomic E-state index is 11.2. The zero-order valence-corrected chi connectivity index (χ0v) is 11.2. The average Bonchev–Trinajstić information content (AvgIpc) is 3.02. The lowest BCUT2D eigenvalue weighted by molar-refractivity contribution is 0.438. The third-order valence-electron chi connectivity index (χ3n) is 3.92. The van der Waals surface area contributed by atoms with Crippen molar-refractivity contribution in [2.45, 2.75) is 19.4 Å². The number of rotatable bonds is 6. The van der Waals surface area contributed by atoms with Gasteiger partial charge in [-0.1, -0.05) is 6.07 Å². The van der Waals surface area contributed by atoms with Crippen LogP contribution in [0.15, 0.2) is 23.0 Å². The van der Waals surface area contributed by atoms with E-state index in [1.54, 1.807) is 0 Å². The summed E-state index contributed by atoms with van der Waals surface area (Å²) < 4.78 is 0. The minimum absolute atomic E-state index is 0.147. The molecule has 1 heterocycles. The van der Waals surface area contributed by atoms with Gasteiger partial charge in [0.15, 0.2) is 0 Å². The van der Waals surface area contributed by atoms with Crippen LogP contribution < -0.4 is 16.3 Å². The van der Waals surface area contributed by atoms with Gasteiger partial charge in [-0.25, -0.2) is 4.79 Å². The predicted molar refractivity (Wildman–Crippen MR) is 76.2 cm³/mol. The molecule has 1 aromatic carbocycles. The second-order valence-electron chi connectivity index (χ2n) is 5.59. The topological polar surface area (TPSA) is 72.7 Å². The van der Waals surface area contributed by atoms with Crippen LogP contribution in [-0.2, 0) is 6.54 Å². The van der Waals surface area contributed by atoms with Gasteiger partial charge in [-0.3, -0.25) is 0 Å². The Labute approximate surface area is 111 Å². The van der Waals surface area contributed by atoms with E-state index in [2.05, 4.69) is 26.7 Å². The number of fused-ring (bicyclic) bond motifs is 1. The Morgan fingerprint density at radius 3 is 2.74 bits per heavy atom. The Kier molecular flexibility index (Phi) is 3.16. The van der Waals surface area contributed by atoms with Crippen molar-refractivity contribution in [1.29, 1.82) is 0 Å². The predicted octanol–water partition coefficient (Wildman–Crippen LogP) is 0.945. The zero-order valence-electron chi connectivity index (χ0n) is 11.2. The molecule has 5 heteroatoms. The number of benzene rings is 1. The van der Waals surface area contributed by atoms with Gasteiger partial charge in [-0.2, -0.15) is 0 Å². The van der Waals surface area contributed by atoms with E-state index in [-0.39, 0.29) is 5.69 Å². The standard InChI is InChI=1S/C14H20N4O/c1-15-8-14(4-5-14)9-16-7-10-2-3-11-12(6-10)18-13(19)17-11/h2-3,6,15-16H,4-5,7-9H2,1H3,(H2,17,18,19). The van der Waals surface area contributed by atoms with Crippen molar-refractivity contribution >= 4 is 11.0 Å². The SMILES string of the molecule is CNCC1(CNCc2ccc3[nH]c(=O)[nH]c3c2)CC1. The lowest BCUT2D eigenvalue weighted by atomic mass is 10.1. The molecule has 5 nitrogen and oxygen atoms in total. The summed E-state index contributed by atoms with van der Waals surface area (Å²) >= 11 is 0. The van der Waals surface area contributed by atoms with E-state index in [1.807, 2.05) is 19.2 Å². The maximum atomic E-state index is 11.2. The molecule has 0 amide bonds. The molecule has 0 saturated heterocycles. The lowest BCUT2D eigenvalue weighted by Gasteiger charge is -2.15. The monoisotopic (exact) mass is 260 g/mol. The van der Waals surface area contributed by atoms with Crippen LogP contribution in [0.1, 0.15) is 18.4 Å². The summed E-state index contributed by atoms with van der Waals surface area (Å²) in [5, 5.41) is 6.78. The van der Waals surface area contributed by atoms with Gasteiger partial charge in [0.1, 0.15) is 0 Å². The number of hydrogen-bond donors (Lipinski definition) is 4. The molecule has 4 N–H and O–H groups in total. The van der Waals surface area contributed by atoms with Crippen molar-refractivity contribution in [3.05, 3.63) is 34.2 Å². The highest BCUT2D eigenvalue weighted by Gasteiger charge is 2.41. The summed E-state index contributed by atoms with van der Waals surface area (Å²) in [6, 6.07) is 6.03. The maximum Gasteiger partial charge on any atom is 0.323 e. The van der Waals surface area contributed by atoms with E-state index in [4.69, 9.17) is 0 Å². The van der Waals surface area contributed by atoms with Crippen LogP contribution in [0.3, 0.4) is 0 Å². The summed E-state index contributed by atoms with van der Waals surface area (Å²) in [5.41, 5.74) is 3.26. The minimum atomic E-state index is -0.147. The fraction of sp³-hybridized carbons (Fsp3) is 0.500. The van der Waals surface area contributed by atoms with Crippen LogP contribution in [0, 0.1) is 5.41 Å². The molecule has 0 radical (unpaired) electrons. The third-order valence-corrected chi connectivity index (χ3v) is 3.92. The molecule has 3 rings (SSSR count). The highest BCUT2D eigenvalue weighted by molar-refractivity contribution is 5.74. The van der Waals surface area contributed by atoms with Gasteiger partial charge in [0.2, 0.25) is 0 Å². The normalized spacial score (nSPS) is 16.9. The van der Waals surface area contributed by atoms with Crippen LogP contribution in [-0.4, -0.2) is 30.1 Å². The molecule has 19 heavy (non-hydrogen) atoms. The molecular weight excluding hydrogens is 240 g/mol. The highest BCUT2D eigenvalue weighted by Crippen LogP contribution is 2.44. The van der Waals surface area contributed by atoms with Gasteiger partial charge >= 0.3 is 5.69 Å². The molecule has 2 aromatic rings. The Balaban J connectivity index is 1.60. The number of aromatic amines is 2. The summed E-state index contributed by atoms with van der Waals surface area (Å²) in [7, 11) is 2.01. The number of aromatic nitrogens is 2. The van der Waals surface area contributed by atoms with Crippen molar-refractivity contribution < 1.29 is 0 Å². The fourth-order valence-electron chi connectivity index (χ4n) is 2.63.